The van der Waals surface area contributed by atoms with Gasteiger partial charge in [0.05, 0.1) is 5.69 Å². The molecule has 5 heteroatoms. The number of hydrogen-bond donors (Lipinski definition) is 3. The van der Waals surface area contributed by atoms with Gasteiger partial charge in [-0.2, -0.15) is 0 Å². The third-order valence-corrected chi connectivity index (χ3v) is 1.98. The molecule has 0 saturated heterocycles. The zero-order valence-corrected chi connectivity index (χ0v) is 8.79. The van der Waals surface area contributed by atoms with Gasteiger partial charge in [0.25, 0.3) is 5.91 Å². The van der Waals surface area contributed by atoms with E-state index in [1.807, 2.05) is 0 Å². The molecule has 1 rings (SSSR count). The lowest BCUT2D eigenvalue weighted by Crippen LogP contribution is -2.25. The second kappa shape index (κ2) is 5.98. The summed E-state index contributed by atoms with van der Waals surface area (Å²) in [4.78, 5) is 15.5. The first-order chi connectivity index (χ1) is 7.27. The maximum absolute atomic E-state index is 11.5. The summed E-state index contributed by atoms with van der Waals surface area (Å²) < 4.78 is 0. The first-order valence-corrected chi connectivity index (χ1v) is 4.98. The van der Waals surface area contributed by atoms with Crippen molar-refractivity contribution in [1.29, 1.82) is 0 Å². The van der Waals surface area contributed by atoms with Crippen LogP contribution in [0, 0.1) is 0 Å². The van der Waals surface area contributed by atoms with Gasteiger partial charge in [0, 0.05) is 12.7 Å². The lowest BCUT2D eigenvalue weighted by molar-refractivity contribution is 0.0948. The Kier molecular flexibility index (Phi) is 4.56. The second-order valence-electron chi connectivity index (χ2n) is 3.18. The predicted octanol–water partition coefficient (Wildman–Crippen LogP) is 0.897. The molecule has 1 aromatic rings. The number of carbonyl (C=O) groups excluding carboxylic acids is 1. The summed E-state index contributed by atoms with van der Waals surface area (Å²) in [5, 5.41) is 2.78. The zero-order chi connectivity index (χ0) is 11.1. The van der Waals surface area contributed by atoms with Crippen molar-refractivity contribution in [1.82, 2.24) is 10.3 Å². The Balaban J connectivity index is 2.57. The molecule has 5 nitrogen and oxygen atoms in total. The van der Waals surface area contributed by atoms with Gasteiger partial charge in [0.1, 0.15) is 5.69 Å². The first kappa shape index (κ1) is 11.5. The lowest BCUT2D eigenvalue weighted by Gasteiger charge is -2.04. The number of nitrogens with two attached hydrogens (primary N) is 1. The number of hydrogen-bond acceptors (Lipinski definition) is 4. The summed E-state index contributed by atoms with van der Waals surface area (Å²) in [6.07, 6.45) is 3.57. The molecule has 0 spiro atoms. The molecule has 82 valence electrons. The standard InChI is InChI=1S/C10H16N4O/c1-2-3-5-13-10(15)9-7-8(14-11)4-6-12-9/h4,6-7H,2-3,5,11H2,1H3,(H,12,14)(H,13,15). The third-order valence-electron chi connectivity index (χ3n) is 1.98. The maximum Gasteiger partial charge on any atom is 0.269 e. The number of aromatic nitrogens is 1. The molecule has 0 aliphatic carbocycles. The quantitative estimate of drug-likeness (QED) is 0.381. The molecule has 1 amide bonds. The lowest BCUT2D eigenvalue weighted by atomic mass is 10.3. The van der Waals surface area contributed by atoms with Crippen LogP contribution in [0.5, 0.6) is 0 Å². The first-order valence-electron chi connectivity index (χ1n) is 4.98. The predicted molar refractivity (Wildman–Crippen MR) is 59.3 cm³/mol. The van der Waals surface area contributed by atoms with Gasteiger partial charge < -0.3 is 10.7 Å². The van der Waals surface area contributed by atoms with E-state index in [1.165, 1.54) is 0 Å². The third kappa shape index (κ3) is 3.55. The van der Waals surface area contributed by atoms with Crippen molar-refractivity contribution in [2.45, 2.75) is 19.8 Å². The van der Waals surface area contributed by atoms with Crippen LogP contribution in [0.1, 0.15) is 30.3 Å². The molecule has 0 fully saturated rings. The van der Waals surface area contributed by atoms with Gasteiger partial charge in [-0.3, -0.25) is 15.6 Å². The molecule has 1 aromatic heterocycles. The molecule has 0 bridgehead atoms. The number of carbonyl (C=O) groups is 1. The summed E-state index contributed by atoms with van der Waals surface area (Å²) in [7, 11) is 0. The minimum absolute atomic E-state index is 0.166. The highest BCUT2D eigenvalue weighted by atomic mass is 16.1. The number of nitrogens with one attached hydrogen (secondary N) is 2. The van der Waals surface area contributed by atoms with Crippen molar-refractivity contribution in [2.75, 3.05) is 12.0 Å². The smallest absolute Gasteiger partial charge is 0.269 e. The fourth-order valence-corrected chi connectivity index (χ4v) is 1.11. The molecule has 0 aliphatic rings. The number of nitrogen functional groups attached to an aromatic ring is 1. The highest BCUT2D eigenvalue weighted by Gasteiger charge is 2.06. The van der Waals surface area contributed by atoms with Gasteiger partial charge >= 0.3 is 0 Å². The van der Waals surface area contributed by atoms with Crippen LogP contribution < -0.4 is 16.6 Å². The fraction of sp³-hybridized carbons (Fsp3) is 0.400. The summed E-state index contributed by atoms with van der Waals surface area (Å²) in [6.45, 7) is 2.75. The molecule has 4 N–H and O–H groups in total. The fourth-order valence-electron chi connectivity index (χ4n) is 1.11. The minimum atomic E-state index is -0.166. The molecule has 0 unspecified atom stereocenters. The molecule has 15 heavy (non-hydrogen) atoms. The number of anilines is 1. The number of amides is 1. The molecule has 0 aromatic carbocycles. The summed E-state index contributed by atoms with van der Waals surface area (Å²) in [5.74, 6) is 5.06. The van der Waals surface area contributed by atoms with Crippen LogP contribution in [0.3, 0.4) is 0 Å². The molecular formula is C10H16N4O. The van der Waals surface area contributed by atoms with Crippen molar-refractivity contribution >= 4 is 11.6 Å². The Morgan fingerprint density at radius 1 is 1.60 bits per heavy atom. The molecule has 0 saturated carbocycles. The van der Waals surface area contributed by atoms with Crippen molar-refractivity contribution in [3.63, 3.8) is 0 Å². The molecule has 0 aliphatic heterocycles. The number of rotatable bonds is 5. The number of nitrogens with zero attached hydrogens (tertiary/aromatic N) is 1. The van der Waals surface area contributed by atoms with Gasteiger partial charge in [0.2, 0.25) is 0 Å². The van der Waals surface area contributed by atoms with Crippen molar-refractivity contribution in [3.8, 4) is 0 Å². The molecule has 0 atom stereocenters. The Morgan fingerprint density at radius 3 is 3.07 bits per heavy atom. The van der Waals surface area contributed by atoms with E-state index in [-0.39, 0.29) is 5.91 Å². The van der Waals surface area contributed by atoms with Gasteiger partial charge in [-0.1, -0.05) is 13.3 Å². The van der Waals surface area contributed by atoms with E-state index in [0.717, 1.165) is 12.8 Å². The van der Waals surface area contributed by atoms with E-state index in [9.17, 15) is 4.79 Å². The molecule has 0 radical (unpaired) electrons. The number of hydrazine groups is 1. The van der Waals surface area contributed by atoms with Crippen LogP contribution in [0.4, 0.5) is 5.69 Å². The Hall–Kier alpha value is -1.62. The van der Waals surface area contributed by atoms with E-state index in [2.05, 4.69) is 22.7 Å². The van der Waals surface area contributed by atoms with E-state index in [4.69, 9.17) is 5.84 Å². The average molecular weight is 208 g/mol. The Labute approximate surface area is 89.0 Å². The van der Waals surface area contributed by atoms with Crippen LogP contribution in [0.2, 0.25) is 0 Å². The average Bonchev–Trinajstić information content (AvgIpc) is 2.29. The van der Waals surface area contributed by atoms with Gasteiger partial charge in [0.15, 0.2) is 0 Å². The number of unbranched alkanes of at least 4 members (excludes halogenated alkanes) is 1. The van der Waals surface area contributed by atoms with Crippen LogP contribution in [-0.4, -0.2) is 17.4 Å². The van der Waals surface area contributed by atoms with E-state index >= 15 is 0 Å². The van der Waals surface area contributed by atoms with Crippen molar-refractivity contribution in [2.24, 2.45) is 5.84 Å². The molecular weight excluding hydrogens is 192 g/mol. The van der Waals surface area contributed by atoms with Crippen molar-refractivity contribution < 1.29 is 4.79 Å². The topological polar surface area (TPSA) is 80.0 Å². The van der Waals surface area contributed by atoms with Crippen LogP contribution in [-0.2, 0) is 0 Å². The zero-order valence-electron chi connectivity index (χ0n) is 8.79. The van der Waals surface area contributed by atoms with Gasteiger partial charge in [-0.05, 0) is 18.6 Å². The summed E-state index contributed by atoms with van der Waals surface area (Å²) in [6, 6.07) is 3.31. The van der Waals surface area contributed by atoms with Crippen LogP contribution in [0.15, 0.2) is 18.3 Å². The number of pyridine rings is 1. The SMILES string of the molecule is CCCCNC(=O)c1cc(NN)ccn1. The van der Waals surface area contributed by atoms with E-state index in [1.54, 1.807) is 18.3 Å². The Bertz CT molecular complexity index is 327. The maximum atomic E-state index is 11.5. The summed E-state index contributed by atoms with van der Waals surface area (Å²) >= 11 is 0. The van der Waals surface area contributed by atoms with Crippen LogP contribution >= 0.6 is 0 Å². The highest BCUT2D eigenvalue weighted by Crippen LogP contribution is 2.05. The summed E-state index contributed by atoms with van der Waals surface area (Å²) in [5.41, 5.74) is 3.52. The monoisotopic (exact) mass is 208 g/mol. The van der Waals surface area contributed by atoms with E-state index in [0.29, 0.717) is 17.9 Å². The second-order valence-corrected chi connectivity index (χ2v) is 3.18. The van der Waals surface area contributed by atoms with Crippen molar-refractivity contribution in [3.05, 3.63) is 24.0 Å². The molecule has 1 heterocycles. The minimum Gasteiger partial charge on any atom is -0.351 e. The van der Waals surface area contributed by atoms with Gasteiger partial charge in [-0.15, -0.1) is 0 Å². The highest BCUT2D eigenvalue weighted by molar-refractivity contribution is 5.93. The van der Waals surface area contributed by atoms with Gasteiger partial charge in [-0.25, -0.2) is 0 Å². The van der Waals surface area contributed by atoms with Crippen LogP contribution in [0.25, 0.3) is 0 Å². The van der Waals surface area contributed by atoms with E-state index < -0.39 is 0 Å². The normalized spacial score (nSPS) is 9.73. The largest absolute Gasteiger partial charge is 0.351 e. The Morgan fingerprint density at radius 2 is 2.40 bits per heavy atom.